The van der Waals surface area contributed by atoms with E-state index < -0.39 is 6.10 Å². The molecule has 1 unspecified atom stereocenters. The molecule has 1 atom stereocenters. The van der Waals surface area contributed by atoms with Gasteiger partial charge in [0.1, 0.15) is 0 Å². The van der Waals surface area contributed by atoms with Crippen LogP contribution < -0.4 is 0 Å². The first kappa shape index (κ1) is 15.0. The summed E-state index contributed by atoms with van der Waals surface area (Å²) in [5.74, 6) is -0.379. The molecule has 0 saturated heterocycles. The molecule has 2 aromatic carbocycles. The smallest absolute Gasteiger partial charge is 0.331 e. The third kappa shape index (κ3) is 3.29. The number of esters is 1. The third-order valence-corrected chi connectivity index (χ3v) is 3.59. The SMILES string of the molecule is C/C=C/C(=O)OC(c1ccccc1)c1nccc2ccccc12. The van der Waals surface area contributed by atoms with Crippen molar-refractivity contribution in [2.75, 3.05) is 0 Å². The van der Waals surface area contributed by atoms with E-state index in [2.05, 4.69) is 4.98 Å². The summed E-state index contributed by atoms with van der Waals surface area (Å²) in [6.07, 6.45) is 4.30. The van der Waals surface area contributed by atoms with Crippen molar-refractivity contribution in [3.63, 3.8) is 0 Å². The number of carbonyl (C=O) groups excluding carboxylic acids is 1. The highest BCUT2D eigenvalue weighted by Crippen LogP contribution is 2.30. The Morgan fingerprint density at radius 3 is 2.57 bits per heavy atom. The normalized spacial score (nSPS) is 12.4. The standard InChI is InChI=1S/C20H17NO2/c1-2-8-18(22)23-20(16-10-4-3-5-11-16)19-17-12-7-6-9-15(17)13-14-21-19/h2-14,20H,1H3/b8-2+. The number of benzene rings is 2. The summed E-state index contributed by atoms with van der Waals surface area (Å²) >= 11 is 0. The molecule has 0 radical (unpaired) electrons. The molecule has 114 valence electrons. The average molecular weight is 303 g/mol. The Kier molecular flexibility index (Phi) is 4.48. The van der Waals surface area contributed by atoms with Gasteiger partial charge in [0.05, 0.1) is 5.69 Å². The summed E-state index contributed by atoms with van der Waals surface area (Å²) in [7, 11) is 0. The van der Waals surface area contributed by atoms with Crippen molar-refractivity contribution in [3.8, 4) is 0 Å². The van der Waals surface area contributed by atoms with Crippen molar-refractivity contribution >= 4 is 16.7 Å². The lowest BCUT2D eigenvalue weighted by atomic mass is 10.0. The van der Waals surface area contributed by atoms with E-state index in [9.17, 15) is 4.79 Å². The summed E-state index contributed by atoms with van der Waals surface area (Å²) < 4.78 is 5.68. The minimum atomic E-state index is -0.536. The number of hydrogen-bond donors (Lipinski definition) is 0. The van der Waals surface area contributed by atoms with Crippen LogP contribution >= 0.6 is 0 Å². The van der Waals surface area contributed by atoms with E-state index >= 15 is 0 Å². The first-order valence-electron chi connectivity index (χ1n) is 7.51. The molecule has 3 aromatic rings. The molecule has 0 aliphatic rings. The van der Waals surface area contributed by atoms with Crippen LogP contribution in [0, 0.1) is 0 Å². The molecule has 0 aliphatic carbocycles. The van der Waals surface area contributed by atoms with E-state index in [4.69, 9.17) is 4.74 Å². The maximum atomic E-state index is 12.0. The molecular weight excluding hydrogens is 286 g/mol. The summed E-state index contributed by atoms with van der Waals surface area (Å²) in [5.41, 5.74) is 1.64. The monoisotopic (exact) mass is 303 g/mol. The van der Waals surface area contributed by atoms with Crippen LogP contribution in [0.4, 0.5) is 0 Å². The number of pyridine rings is 1. The van der Waals surface area contributed by atoms with Crippen LogP contribution in [0.1, 0.15) is 24.3 Å². The fourth-order valence-electron chi connectivity index (χ4n) is 2.55. The van der Waals surface area contributed by atoms with Gasteiger partial charge in [0, 0.05) is 17.7 Å². The molecule has 0 fully saturated rings. The van der Waals surface area contributed by atoms with Crippen molar-refractivity contribution < 1.29 is 9.53 Å². The first-order chi connectivity index (χ1) is 11.3. The maximum Gasteiger partial charge on any atom is 0.331 e. The van der Waals surface area contributed by atoms with Gasteiger partial charge in [0.15, 0.2) is 6.10 Å². The topological polar surface area (TPSA) is 39.2 Å². The van der Waals surface area contributed by atoms with Gasteiger partial charge in [-0.25, -0.2) is 4.79 Å². The molecule has 0 amide bonds. The van der Waals surface area contributed by atoms with Crippen LogP contribution in [0.2, 0.25) is 0 Å². The molecule has 3 rings (SSSR count). The number of hydrogen-bond acceptors (Lipinski definition) is 3. The number of nitrogens with zero attached hydrogens (tertiary/aromatic N) is 1. The molecule has 0 aliphatic heterocycles. The zero-order chi connectivity index (χ0) is 16.1. The second kappa shape index (κ2) is 6.88. The number of ether oxygens (including phenoxy) is 1. The number of allylic oxidation sites excluding steroid dienone is 1. The van der Waals surface area contributed by atoms with Gasteiger partial charge in [-0.2, -0.15) is 0 Å². The molecular formula is C20H17NO2. The van der Waals surface area contributed by atoms with Gasteiger partial charge in [0.2, 0.25) is 0 Å². The Labute approximate surface area is 135 Å². The second-order valence-corrected chi connectivity index (χ2v) is 5.14. The van der Waals surface area contributed by atoms with Gasteiger partial charge >= 0.3 is 5.97 Å². The maximum absolute atomic E-state index is 12.0. The van der Waals surface area contributed by atoms with Crippen molar-refractivity contribution in [2.24, 2.45) is 0 Å². The average Bonchev–Trinajstić information content (AvgIpc) is 2.60. The predicted molar refractivity (Wildman–Crippen MR) is 90.9 cm³/mol. The van der Waals surface area contributed by atoms with E-state index in [1.165, 1.54) is 6.08 Å². The van der Waals surface area contributed by atoms with Crippen LogP contribution in [0.3, 0.4) is 0 Å². The minimum absolute atomic E-state index is 0.379. The number of fused-ring (bicyclic) bond motifs is 1. The number of aromatic nitrogens is 1. The highest BCUT2D eigenvalue weighted by Gasteiger charge is 2.21. The fraction of sp³-hybridized carbons (Fsp3) is 0.100. The molecule has 3 nitrogen and oxygen atoms in total. The van der Waals surface area contributed by atoms with Gasteiger partial charge in [-0.1, -0.05) is 60.7 Å². The Bertz CT molecular complexity index is 835. The first-order valence-corrected chi connectivity index (χ1v) is 7.51. The highest BCUT2D eigenvalue weighted by atomic mass is 16.5. The van der Waals surface area contributed by atoms with Crippen LogP contribution in [0.25, 0.3) is 10.8 Å². The lowest BCUT2D eigenvalue weighted by molar-refractivity contribution is -0.141. The number of carbonyl (C=O) groups is 1. The molecule has 0 bridgehead atoms. The van der Waals surface area contributed by atoms with Crippen LogP contribution in [0.15, 0.2) is 79.0 Å². The van der Waals surface area contributed by atoms with E-state index in [-0.39, 0.29) is 5.97 Å². The Balaban J connectivity index is 2.12. The van der Waals surface area contributed by atoms with Crippen molar-refractivity contribution in [3.05, 3.63) is 90.3 Å². The van der Waals surface area contributed by atoms with E-state index in [0.29, 0.717) is 0 Å². The van der Waals surface area contributed by atoms with E-state index in [1.807, 2.05) is 60.7 Å². The van der Waals surface area contributed by atoms with Gasteiger partial charge in [-0.15, -0.1) is 0 Å². The van der Waals surface area contributed by atoms with Gasteiger partial charge in [0.25, 0.3) is 0 Å². The zero-order valence-electron chi connectivity index (χ0n) is 12.8. The molecule has 0 spiro atoms. The Morgan fingerprint density at radius 2 is 1.78 bits per heavy atom. The van der Waals surface area contributed by atoms with Crippen LogP contribution in [0.5, 0.6) is 0 Å². The van der Waals surface area contributed by atoms with Crippen molar-refractivity contribution in [2.45, 2.75) is 13.0 Å². The molecule has 1 heterocycles. The lowest BCUT2D eigenvalue weighted by Gasteiger charge is -2.18. The predicted octanol–water partition coefficient (Wildman–Crippen LogP) is 4.44. The minimum Gasteiger partial charge on any atom is -0.448 e. The fourth-order valence-corrected chi connectivity index (χ4v) is 2.55. The summed E-state index contributed by atoms with van der Waals surface area (Å²) in [6.45, 7) is 1.79. The van der Waals surface area contributed by atoms with Gasteiger partial charge < -0.3 is 4.74 Å². The van der Waals surface area contributed by atoms with Gasteiger partial charge in [-0.3, -0.25) is 4.98 Å². The summed E-state index contributed by atoms with van der Waals surface area (Å²) in [6, 6.07) is 19.6. The summed E-state index contributed by atoms with van der Waals surface area (Å²) in [4.78, 5) is 16.5. The molecule has 0 N–H and O–H groups in total. The Hall–Kier alpha value is -2.94. The second-order valence-electron chi connectivity index (χ2n) is 5.14. The largest absolute Gasteiger partial charge is 0.448 e. The Morgan fingerprint density at radius 1 is 1.04 bits per heavy atom. The lowest BCUT2D eigenvalue weighted by Crippen LogP contribution is -2.12. The molecule has 23 heavy (non-hydrogen) atoms. The van der Waals surface area contributed by atoms with Crippen molar-refractivity contribution in [1.29, 1.82) is 0 Å². The zero-order valence-corrected chi connectivity index (χ0v) is 12.8. The summed E-state index contributed by atoms with van der Waals surface area (Å²) in [5, 5.41) is 2.05. The van der Waals surface area contributed by atoms with Crippen LogP contribution in [-0.2, 0) is 9.53 Å². The van der Waals surface area contributed by atoms with Gasteiger partial charge in [-0.05, 0) is 23.9 Å². The molecule has 3 heteroatoms. The molecule has 0 saturated carbocycles. The molecule has 1 aromatic heterocycles. The van der Waals surface area contributed by atoms with E-state index in [0.717, 1.165) is 22.0 Å². The van der Waals surface area contributed by atoms with E-state index in [1.54, 1.807) is 19.2 Å². The van der Waals surface area contributed by atoms with Crippen LogP contribution in [-0.4, -0.2) is 11.0 Å². The third-order valence-electron chi connectivity index (χ3n) is 3.59. The number of rotatable bonds is 4. The highest BCUT2D eigenvalue weighted by molar-refractivity contribution is 5.86. The van der Waals surface area contributed by atoms with Crippen molar-refractivity contribution in [1.82, 2.24) is 4.98 Å². The quantitative estimate of drug-likeness (QED) is 0.528.